The SMILES string of the molecule is CSCCC(NC(=O)Cc1ccc(OS(=O)(=O)O)cc1)C(=O)NCC(=O)NC(Cc1c[nH]c2ccccc12)C(=O)NC(C)C(=O)NC(CC(=O)O)C(=O)N(C)C(Cc1ccccc1)C(N)=O. The number of nitrogens with two attached hydrogens (primary N) is 1. The first-order chi connectivity index (χ1) is 31.2. The highest BCUT2D eigenvalue weighted by atomic mass is 32.3. The molecule has 0 saturated heterocycles. The number of benzene rings is 3. The number of carbonyl (C=O) groups is 8. The highest BCUT2D eigenvalue weighted by molar-refractivity contribution is 7.98. The second-order valence-electron chi connectivity index (χ2n) is 15.1. The van der Waals surface area contributed by atoms with Gasteiger partial charge in [-0.05, 0) is 60.2 Å². The summed E-state index contributed by atoms with van der Waals surface area (Å²) in [6.07, 6.45) is 2.46. The van der Waals surface area contributed by atoms with Gasteiger partial charge in [-0.2, -0.15) is 20.2 Å². The first-order valence-corrected chi connectivity index (χ1v) is 23.1. The van der Waals surface area contributed by atoms with E-state index in [1.54, 1.807) is 67.0 Å². The summed E-state index contributed by atoms with van der Waals surface area (Å²) in [4.78, 5) is 109. The standard InChI is InChI=1S/C43H52N8O13S2/c1-25(40(57)50-34(22-38(54)55)43(60)51(2)35(39(44)56)19-26-9-5-4-6-10-26)47-42(59)33(21-28-23-45-31-12-8-7-11-30(28)31)49-37(53)24-46-41(58)32(17-18-65-3)48-36(52)20-27-13-15-29(16-14-27)64-66(61,62)63/h4-16,23,25,32-35,45H,17-22,24H2,1-3H3,(H2,44,56)(H,46,58)(H,47,59)(H,48,52)(H,49,53)(H,50,57)(H,54,55)(H,61,62,63). The molecule has 0 fully saturated rings. The van der Waals surface area contributed by atoms with E-state index in [4.69, 9.17) is 10.3 Å². The van der Waals surface area contributed by atoms with Crippen molar-refractivity contribution in [1.82, 2.24) is 36.5 Å². The van der Waals surface area contributed by atoms with Crippen LogP contribution in [0.4, 0.5) is 0 Å². The molecule has 7 amide bonds. The fourth-order valence-corrected chi connectivity index (χ4v) is 7.53. The maximum atomic E-state index is 13.9. The number of hydrogen-bond acceptors (Lipinski definition) is 12. The number of thioether (sulfide) groups is 1. The number of nitrogens with one attached hydrogen (secondary N) is 6. The summed E-state index contributed by atoms with van der Waals surface area (Å²) in [6, 6.07) is 14.4. The van der Waals surface area contributed by atoms with Crippen molar-refractivity contribution in [1.29, 1.82) is 0 Å². The van der Waals surface area contributed by atoms with E-state index in [0.29, 0.717) is 22.4 Å². The zero-order chi connectivity index (χ0) is 48.6. The van der Waals surface area contributed by atoms with Crippen molar-refractivity contribution in [3.05, 3.63) is 102 Å². The molecule has 4 aromatic rings. The number of H-pyrrole nitrogens is 1. The topological polar surface area (TPSA) is 326 Å². The Balaban J connectivity index is 1.43. The number of primary amides is 1. The molecule has 1 aromatic heterocycles. The Morgan fingerprint density at radius 1 is 0.788 bits per heavy atom. The smallest absolute Gasteiger partial charge is 0.446 e. The number of aromatic amines is 1. The van der Waals surface area contributed by atoms with Gasteiger partial charge >= 0.3 is 16.4 Å². The normalized spacial score (nSPS) is 13.5. The van der Waals surface area contributed by atoms with Crippen LogP contribution in [0.25, 0.3) is 10.9 Å². The van der Waals surface area contributed by atoms with Crippen molar-refractivity contribution in [3.63, 3.8) is 0 Å². The Hall–Kier alpha value is -6.98. The monoisotopic (exact) mass is 952 g/mol. The Morgan fingerprint density at radius 2 is 1.44 bits per heavy atom. The van der Waals surface area contributed by atoms with E-state index >= 15 is 0 Å². The van der Waals surface area contributed by atoms with Crippen LogP contribution in [-0.2, 0) is 68.0 Å². The Morgan fingerprint density at radius 3 is 2.08 bits per heavy atom. The van der Waals surface area contributed by atoms with E-state index < -0.39 is 101 Å². The van der Waals surface area contributed by atoms with Crippen LogP contribution >= 0.6 is 11.8 Å². The first kappa shape index (κ1) is 51.7. The number of carboxylic acid groups (broad SMARTS) is 1. The van der Waals surface area contributed by atoms with Gasteiger partial charge in [-0.3, -0.25) is 42.9 Å². The molecule has 5 atom stereocenters. The molecule has 4 rings (SSSR count). The molecule has 0 aliphatic carbocycles. The largest absolute Gasteiger partial charge is 0.481 e. The summed E-state index contributed by atoms with van der Waals surface area (Å²) < 4.78 is 35.2. The third-order valence-electron chi connectivity index (χ3n) is 10.1. The van der Waals surface area contributed by atoms with Gasteiger partial charge in [0.05, 0.1) is 19.4 Å². The average molecular weight is 953 g/mol. The molecule has 0 aliphatic rings. The van der Waals surface area contributed by atoms with Crippen molar-refractivity contribution < 1.29 is 60.6 Å². The number of fused-ring (bicyclic) bond motifs is 1. The van der Waals surface area contributed by atoms with Crippen LogP contribution in [0.5, 0.6) is 5.75 Å². The minimum atomic E-state index is -4.75. The average Bonchev–Trinajstić information content (AvgIpc) is 3.67. The number of para-hydroxylation sites is 1. The van der Waals surface area contributed by atoms with Gasteiger partial charge in [-0.15, -0.1) is 0 Å². The number of nitrogens with zero attached hydrogens (tertiary/aromatic N) is 1. The van der Waals surface area contributed by atoms with Gasteiger partial charge in [-0.1, -0.05) is 60.7 Å². The third kappa shape index (κ3) is 16.2. The van der Waals surface area contributed by atoms with E-state index in [1.807, 2.05) is 0 Å². The predicted molar refractivity (Wildman–Crippen MR) is 242 cm³/mol. The molecule has 1 heterocycles. The van der Waals surface area contributed by atoms with Gasteiger partial charge in [0.15, 0.2) is 0 Å². The van der Waals surface area contributed by atoms with E-state index in [9.17, 15) is 51.9 Å². The van der Waals surface area contributed by atoms with Gasteiger partial charge in [0.1, 0.15) is 36.0 Å². The highest BCUT2D eigenvalue weighted by Gasteiger charge is 2.34. The number of carboxylic acids is 1. The van der Waals surface area contributed by atoms with Gasteiger partial charge in [0.25, 0.3) is 0 Å². The lowest BCUT2D eigenvalue weighted by molar-refractivity contribution is -0.145. The number of carbonyl (C=O) groups excluding carboxylic acids is 7. The number of rotatable bonds is 25. The molecule has 5 unspecified atom stereocenters. The lowest BCUT2D eigenvalue weighted by Crippen LogP contribution is -2.58. The maximum absolute atomic E-state index is 13.9. The minimum absolute atomic E-state index is 0.0144. The number of hydrogen-bond donors (Lipinski definition) is 9. The van der Waals surface area contributed by atoms with Gasteiger partial charge in [0, 0.05) is 37.0 Å². The van der Waals surface area contributed by atoms with Crippen molar-refractivity contribution in [2.24, 2.45) is 5.73 Å². The molecule has 0 saturated carbocycles. The van der Waals surface area contributed by atoms with Gasteiger partial charge in [0.2, 0.25) is 41.4 Å². The highest BCUT2D eigenvalue weighted by Crippen LogP contribution is 2.20. The molecule has 0 spiro atoms. The number of aliphatic carboxylic acids is 1. The van der Waals surface area contributed by atoms with E-state index in [1.165, 1.54) is 50.0 Å². The summed E-state index contributed by atoms with van der Waals surface area (Å²) in [6.45, 7) is 0.651. The lowest BCUT2D eigenvalue weighted by atomic mass is 10.0. The molecule has 10 N–H and O–H groups in total. The molecule has 66 heavy (non-hydrogen) atoms. The fraction of sp³-hybridized carbons (Fsp3) is 0.349. The van der Waals surface area contributed by atoms with Gasteiger partial charge in [-0.25, -0.2) is 0 Å². The molecule has 3 aromatic carbocycles. The Kier molecular flexibility index (Phi) is 19.1. The van der Waals surface area contributed by atoms with Crippen molar-refractivity contribution in [2.45, 2.75) is 69.2 Å². The van der Waals surface area contributed by atoms with Crippen molar-refractivity contribution >= 4 is 80.4 Å². The lowest BCUT2D eigenvalue weighted by Gasteiger charge is -2.30. The van der Waals surface area contributed by atoms with Crippen LogP contribution in [-0.4, -0.2) is 131 Å². The fourth-order valence-electron chi connectivity index (χ4n) is 6.70. The Labute approximate surface area is 384 Å². The molecule has 21 nitrogen and oxygen atoms in total. The van der Waals surface area contributed by atoms with Crippen LogP contribution < -0.4 is 36.5 Å². The predicted octanol–water partition coefficient (Wildman–Crippen LogP) is -0.00720. The summed E-state index contributed by atoms with van der Waals surface area (Å²) in [5.74, 6) is -6.85. The third-order valence-corrected chi connectivity index (χ3v) is 11.1. The summed E-state index contributed by atoms with van der Waals surface area (Å²) in [5, 5.41) is 22.9. The zero-order valence-corrected chi connectivity index (χ0v) is 37.8. The maximum Gasteiger partial charge on any atom is 0.446 e. The van der Waals surface area contributed by atoms with E-state index in [2.05, 4.69) is 35.8 Å². The quantitative estimate of drug-likeness (QED) is 0.0395. The van der Waals surface area contributed by atoms with Crippen LogP contribution in [0.15, 0.2) is 85.1 Å². The summed E-state index contributed by atoms with van der Waals surface area (Å²) >= 11 is 1.41. The Bertz CT molecular complexity index is 2490. The van der Waals surface area contributed by atoms with Gasteiger partial charge < -0.3 is 51.5 Å². The van der Waals surface area contributed by atoms with Crippen LogP contribution in [0.1, 0.15) is 36.5 Å². The van der Waals surface area contributed by atoms with Crippen molar-refractivity contribution in [2.75, 3.05) is 25.6 Å². The van der Waals surface area contributed by atoms with E-state index in [0.717, 1.165) is 15.8 Å². The number of likely N-dealkylation sites (N-methyl/N-ethyl adjacent to an activating group) is 1. The second-order valence-corrected chi connectivity index (χ2v) is 17.1. The molecular weight excluding hydrogens is 901 g/mol. The van der Waals surface area contributed by atoms with Crippen LogP contribution in [0.3, 0.4) is 0 Å². The van der Waals surface area contributed by atoms with Crippen molar-refractivity contribution in [3.8, 4) is 5.75 Å². The molecular formula is C43H52N8O13S2. The van der Waals surface area contributed by atoms with Crippen LogP contribution in [0.2, 0.25) is 0 Å². The first-order valence-electron chi connectivity index (χ1n) is 20.3. The number of amides is 7. The molecule has 23 heteroatoms. The molecule has 0 bridgehead atoms. The molecule has 354 valence electrons. The minimum Gasteiger partial charge on any atom is -0.481 e. The number of aromatic nitrogens is 1. The van der Waals surface area contributed by atoms with E-state index in [-0.39, 0.29) is 31.4 Å². The summed E-state index contributed by atoms with van der Waals surface area (Å²) in [5.41, 5.74) is 8.07. The second kappa shape index (κ2) is 24.3. The molecule has 0 radical (unpaired) electrons. The van der Waals surface area contributed by atoms with Crippen LogP contribution in [0, 0.1) is 0 Å². The molecule has 0 aliphatic heterocycles. The zero-order valence-electron chi connectivity index (χ0n) is 36.1. The summed E-state index contributed by atoms with van der Waals surface area (Å²) in [7, 11) is -3.49.